The van der Waals surface area contributed by atoms with Crippen LogP contribution in [0.1, 0.15) is 83.5 Å². The summed E-state index contributed by atoms with van der Waals surface area (Å²) in [7, 11) is 1.60. The summed E-state index contributed by atoms with van der Waals surface area (Å²) in [5.41, 5.74) is 0. The Labute approximate surface area is 255 Å². The minimum atomic E-state index is -0.887. The number of hydrogen-bond donors (Lipinski definition) is 6. The fourth-order valence-electron chi connectivity index (χ4n) is 3.85. The molecule has 0 unspecified atom stereocenters. The summed E-state index contributed by atoms with van der Waals surface area (Å²) in [5.74, 6) is -2.06. The lowest BCUT2D eigenvalue weighted by Gasteiger charge is -2.11. The maximum atomic E-state index is 11.9. The van der Waals surface area contributed by atoms with Gasteiger partial charge >= 0.3 is 11.9 Å². The van der Waals surface area contributed by atoms with Gasteiger partial charge in [0.1, 0.15) is 6.04 Å². The highest BCUT2D eigenvalue weighted by atomic mass is 16.5. The molecule has 0 aliphatic heterocycles. The second-order valence-corrected chi connectivity index (χ2v) is 10.1. The number of likely N-dealkylation sites (N-methyl/N-ethyl adjacent to an activating group) is 1. The largest absolute Gasteiger partial charge is 0.481 e. The lowest BCUT2D eigenvalue weighted by molar-refractivity contribution is -0.139. The fraction of sp³-hybridized carbons (Fsp3) is 0.828. The van der Waals surface area contributed by atoms with Crippen molar-refractivity contribution in [3.05, 3.63) is 0 Å². The van der Waals surface area contributed by atoms with Gasteiger partial charge in [-0.25, -0.2) is 0 Å². The number of carbonyl (C=O) groups is 5. The van der Waals surface area contributed by atoms with Crippen molar-refractivity contribution in [3.63, 3.8) is 0 Å². The van der Waals surface area contributed by atoms with Crippen LogP contribution in [-0.4, -0.2) is 112 Å². The molecule has 14 nitrogen and oxygen atoms in total. The van der Waals surface area contributed by atoms with Crippen LogP contribution in [0.2, 0.25) is 0 Å². The van der Waals surface area contributed by atoms with Crippen molar-refractivity contribution in [2.75, 3.05) is 66.3 Å². The van der Waals surface area contributed by atoms with Gasteiger partial charge in [0.2, 0.25) is 17.7 Å². The number of aliphatic carboxylic acids is 2. The second-order valence-electron chi connectivity index (χ2n) is 10.1. The number of amides is 3. The zero-order valence-electron chi connectivity index (χ0n) is 25.8. The Kier molecular flexibility index (Phi) is 27.4. The number of rotatable bonds is 31. The van der Waals surface area contributed by atoms with Gasteiger partial charge in [0.25, 0.3) is 0 Å². The summed E-state index contributed by atoms with van der Waals surface area (Å²) >= 11 is 0. The number of carboxylic acid groups (broad SMARTS) is 2. The van der Waals surface area contributed by atoms with E-state index in [1.807, 2.05) is 0 Å². The third-order valence-electron chi connectivity index (χ3n) is 6.33. The van der Waals surface area contributed by atoms with Crippen molar-refractivity contribution in [1.82, 2.24) is 21.3 Å². The van der Waals surface area contributed by atoms with Crippen LogP contribution < -0.4 is 21.3 Å². The molecule has 0 aromatic heterocycles. The predicted molar refractivity (Wildman–Crippen MR) is 160 cm³/mol. The van der Waals surface area contributed by atoms with Crippen molar-refractivity contribution in [3.8, 4) is 0 Å². The van der Waals surface area contributed by atoms with Gasteiger partial charge in [-0.3, -0.25) is 24.0 Å². The minimum absolute atomic E-state index is 0.00698. The fourth-order valence-corrected chi connectivity index (χ4v) is 3.85. The first-order valence-electron chi connectivity index (χ1n) is 15.4. The molecular formula is C29H54N4O10. The van der Waals surface area contributed by atoms with Crippen LogP contribution in [0.3, 0.4) is 0 Å². The Hall–Kier alpha value is -2.81. The smallest absolute Gasteiger partial charge is 0.320 e. The average Bonchev–Trinajstić information content (AvgIpc) is 2.97. The van der Waals surface area contributed by atoms with E-state index in [-0.39, 0.29) is 37.0 Å². The number of nitrogens with one attached hydrogen (secondary N) is 4. The molecule has 0 radical (unpaired) electrons. The Bertz CT molecular complexity index is 770. The van der Waals surface area contributed by atoms with E-state index in [1.54, 1.807) is 7.05 Å². The lowest BCUT2D eigenvalue weighted by Crippen LogP contribution is -2.34. The molecule has 0 bridgehead atoms. The molecule has 0 fully saturated rings. The zero-order chi connectivity index (χ0) is 32.0. The minimum Gasteiger partial charge on any atom is -0.481 e. The van der Waals surface area contributed by atoms with Gasteiger partial charge in [-0.15, -0.1) is 0 Å². The van der Waals surface area contributed by atoms with Crippen LogP contribution in [0.5, 0.6) is 0 Å². The van der Waals surface area contributed by atoms with Crippen LogP contribution in [0.4, 0.5) is 0 Å². The molecule has 6 N–H and O–H groups in total. The molecule has 3 amide bonds. The van der Waals surface area contributed by atoms with Crippen LogP contribution >= 0.6 is 0 Å². The predicted octanol–water partition coefficient (Wildman–Crippen LogP) is 1.21. The molecule has 0 saturated carbocycles. The van der Waals surface area contributed by atoms with E-state index in [0.717, 1.165) is 19.3 Å². The summed E-state index contributed by atoms with van der Waals surface area (Å²) in [4.78, 5) is 56.8. The summed E-state index contributed by atoms with van der Waals surface area (Å²) in [6, 6.07) is -0.581. The van der Waals surface area contributed by atoms with Gasteiger partial charge in [-0.1, -0.05) is 12.8 Å². The third-order valence-corrected chi connectivity index (χ3v) is 6.33. The average molecular weight is 619 g/mol. The van der Waals surface area contributed by atoms with Gasteiger partial charge < -0.3 is 45.7 Å². The summed E-state index contributed by atoms with van der Waals surface area (Å²) < 4.78 is 16.4. The lowest BCUT2D eigenvalue weighted by atomic mass is 10.1. The molecule has 0 spiro atoms. The number of unbranched alkanes of at least 4 members (excludes halogenated alkanes) is 4. The van der Waals surface area contributed by atoms with E-state index >= 15 is 0 Å². The Morgan fingerprint density at radius 3 is 1.44 bits per heavy atom. The van der Waals surface area contributed by atoms with Crippen LogP contribution in [-0.2, 0) is 38.2 Å². The molecule has 1 atom stereocenters. The molecule has 250 valence electrons. The van der Waals surface area contributed by atoms with Crippen molar-refractivity contribution < 1.29 is 48.4 Å². The molecule has 0 heterocycles. The Morgan fingerprint density at radius 2 is 0.977 bits per heavy atom. The number of hydrogen-bond acceptors (Lipinski definition) is 9. The van der Waals surface area contributed by atoms with Crippen molar-refractivity contribution >= 4 is 29.7 Å². The summed E-state index contributed by atoms with van der Waals surface area (Å²) in [5, 5.41) is 28.6. The standard InChI is InChI=1S/C29H54N4O10/c1-30-24(29(39)40)10-6-7-15-31-26(35)13-14-27(36)33-17-9-19-42-21-23-43-22-20-41-18-8-16-32-25(34)11-4-2-3-5-12-28(37)38/h24,30H,2-23H2,1H3,(H,31,35)(H,32,34)(H,33,36)(H,37,38)(H,39,40)/t24-/m0/s1. The highest BCUT2D eigenvalue weighted by molar-refractivity contribution is 5.83. The molecule has 0 aromatic carbocycles. The zero-order valence-corrected chi connectivity index (χ0v) is 25.8. The van der Waals surface area contributed by atoms with Crippen LogP contribution in [0.15, 0.2) is 0 Å². The van der Waals surface area contributed by atoms with E-state index in [1.165, 1.54) is 0 Å². The number of ether oxygens (including phenoxy) is 3. The van der Waals surface area contributed by atoms with E-state index in [4.69, 9.17) is 24.4 Å². The first-order chi connectivity index (χ1) is 20.8. The van der Waals surface area contributed by atoms with Crippen LogP contribution in [0.25, 0.3) is 0 Å². The topological polar surface area (TPSA) is 202 Å². The van der Waals surface area contributed by atoms with E-state index in [9.17, 15) is 24.0 Å². The monoisotopic (exact) mass is 618 g/mol. The highest BCUT2D eigenvalue weighted by Crippen LogP contribution is 2.05. The maximum Gasteiger partial charge on any atom is 0.320 e. The van der Waals surface area contributed by atoms with Crippen molar-refractivity contribution in [2.24, 2.45) is 0 Å². The molecular weight excluding hydrogens is 564 g/mol. The SMILES string of the molecule is CN[C@@H](CCCCNC(=O)CCC(=O)NCCCOCCOCCOCCCNC(=O)CCCCCCC(=O)O)C(=O)O. The number of carboxylic acids is 2. The number of carbonyl (C=O) groups excluding carboxylic acids is 3. The highest BCUT2D eigenvalue weighted by Gasteiger charge is 2.13. The van der Waals surface area contributed by atoms with Crippen molar-refractivity contribution in [2.45, 2.75) is 89.5 Å². The van der Waals surface area contributed by atoms with E-state index < -0.39 is 18.0 Å². The molecule has 0 rings (SSSR count). The quantitative estimate of drug-likeness (QED) is 0.0610. The van der Waals surface area contributed by atoms with Gasteiger partial charge in [0, 0.05) is 58.5 Å². The first kappa shape index (κ1) is 40.2. The van der Waals surface area contributed by atoms with E-state index in [0.29, 0.717) is 104 Å². The van der Waals surface area contributed by atoms with Crippen LogP contribution in [0, 0.1) is 0 Å². The second kappa shape index (κ2) is 29.3. The van der Waals surface area contributed by atoms with Crippen molar-refractivity contribution in [1.29, 1.82) is 0 Å². The normalized spacial score (nSPS) is 11.6. The third kappa shape index (κ3) is 29.1. The van der Waals surface area contributed by atoms with E-state index in [2.05, 4.69) is 21.3 Å². The Balaban J connectivity index is 3.37. The van der Waals surface area contributed by atoms with Gasteiger partial charge in [0.05, 0.1) is 26.4 Å². The van der Waals surface area contributed by atoms with Gasteiger partial charge in [-0.2, -0.15) is 0 Å². The van der Waals surface area contributed by atoms with Gasteiger partial charge in [-0.05, 0) is 52.0 Å². The molecule has 0 saturated heterocycles. The molecule has 0 aromatic rings. The maximum absolute atomic E-state index is 11.9. The summed E-state index contributed by atoms with van der Waals surface area (Å²) in [6.07, 6.45) is 7.16. The van der Waals surface area contributed by atoms with Gasteiger partial charge in [0.15, 0.2) is 0 Å². The molecule has 0 aliphatic rings. The molecule has 14 heteroatoms. The summed E-state index contributed by atoms with van der Waals surface area (Å²) in [6.45, 7) is 4.25. The molecule has 43 heavy (non-hydrogen) atoms. The Morgan fingerprint density at radius 1 is 0.535 bits per heavy atom. The first-order valence-corrected chi connectivity index (χ1v) is 15.4. The molecule has 0 aliphatic carbocycles.